The highest BCUT2D eigenvalue weighted by atomic mass is 16.7. The lowest BCUT2D eigenvalue weighted by molar-refractivity contribution is -0.282. The number of carbonyl (C=O) groups is 3. The van der Waals surface area contributed by atoms with Gasteiger partial charge in [0.15, 0.2) is 24.7 Å². The topological polar surface area (TPSA) is 512 Å². The molecule has 1 aliphatic carbocycles. The minimum Gasteiger partial charge on any atom is -0.396 e. The van der Waals surface area contributed by atoms with Crippen LogP contribution in [0.1, 0.15) is 174 Å². The maximum absolute atomic E-state index is 15.0. The van der Waals surface area contributed by atoms with Gasteiger partial charge in [-0.1, -0.05) is 61.9 Å². The molecule has 8 rings (SSSR count). The van der Waals surface area contributed by atoms with Gasteiger partial charge in [0.2, 0.25) is 11.8 Å². The second kappa shape index (κ2) is 45.6. The number of ether oxygens (including phenoxy) is 7. The van der Waals surface area contributed by atoms with Crippen LogP contribution < -0.4 is 10.6 Å². The molecule has 0 aromatic carbocycles. The zero-order valence-corrected chi connectivity index (χ0v) is 65.5. The summed E-state index contributed by atoms with van der Waals surface area (Å²) in [4.78, 5) is 43.3. The van der Waals surface area contributed by atoms with Crippen molar-refractivity contribution >= 4 is 17.6 Å². The van der Waals surface area contributed by atoms with E-state index in [0.717, 1.165) is 49.9 Å². The first-order valence-corrected chi connectivity index (χ1v) is 39.6. The van der Waals surface area contributed by atoms with E-state index in [1.807, 2.05) is 57.2 Å². The number of rotatable bonds is 49. The first-order chi connectivity index (χ1) is 53.2. The van der Waals surface area contributed by atoms with Crippen LogP contribution in [-0.2, 0) is 99.9 Å². The smallest absolute Gasteiger partial charge is 0.217 e. The normalized spacial score (nSPS) is 29.0. The molecule has 0 radical (unpaired) electrons. The summed E-state index contributed by atoms with van der Waals surface area (Å²) >= 11 is 0. The molecule has 14 N–H and O–H groups in total. The number of unbranched alkanes of at least 4 members (excludes halogenated alkanes) is 9. The fraction of sp³-hybridized carbons (Fsp3) is 0.849. The standard InChI is InChI=1S/C73H126N16O22/c1-45-55(32-49(41-90)63(98)61(45)96)105-28-18-8-13-24-86-37-50(76-80-86)33-84(34-51-38-87(81-77-51)25-15-10-20-30-107-71-59(74-47(3)94)67(102)65(100)57(43-92)110-71)23-17-12-22-54(69(104)73(5,6)7)85(35-52-39-88(82-78-52)26-14-9-19-29-106-70-46(2)62(97)64(99)56(42-91)109-70)36-53-40-89(83-79-53)27-16-11-21-31-108-72-60(75-48(4)95)68(103)66(101)58(44-93)111-72/h37-40,45-46,49,54-68,70-72,90-93,96-103H,8-36,41-44H2,1-7H3,(H,74,94)(H,75,95)/t45-,46+,49+,54+,55+,56+,57+,58+,59+,60+,61+,62+,63-,64-,65-,66-,67+,68+,70+,71+,72+/m0/s1. The summed E-state index contributed by atoms with van der Waals surface area (Å²) in [7, 11) is 0. The van der Waals surface area contributed by atoms with Crippen molar-refractivity contribution in [1.82, 2.24) is 80.4 Å². The maximum atomic E-state index is 15.0. The van der Waals surface area contributed by atoms with Crippen LogP contribution in [-0.4, -0.2) is 318 Å². The van der Waals surface area contributed by atoms with Crippen molar-refractivity contribution in [2.75, 3.05) is 59.4 Å². The Kier molecular flexibility index (Phi) is 37.3. The predicted molar refractivity (Wildman–Crippen MR) is 393 cm³/mol. The molecule has 4 fully saturated rings. The highest BCUT2D eigenvalue weighted by molar-refractivity contribution is 5.88. The quantitative estimate of drug-likeness (QED) is 0.0221. The number of aliphatic hydroxyl groups excluding tert-OH is 12. The van der Waals surface area contributed by atoms with Gasteiger partial charge in [-0.15, -0.1) is 20.4 Å². The third-order valence-electron chi connectivity index (χ3n) is 21.3. The molecule has 38 nitrogen and oxygen atoms in total. The summed E-state index contributed by atoms with van der Waals surface area (Å²) in [5.74, 6) is -2.06. The van der Waals surface area contributed by atoms with Crippen molar-refractivity contribution in [3.63, 3.8) is 0 Å². The van der Waals surface area contributed by atoms with Crippen LogP contribution in [0.3, 0.4) is 0 Å². The van der Waals surface area contributed by atoms with Crippen LogP contribution in [0.25, 0.3) is 0 Å². The Morgan fingerprint density at radius 2 is 0.838 bits per heavy atom. The van der Waals surface area contributed by atoms with E-state index in [4.69, 9.17) is 33.2 Å². The summed E-state index contributed by atoms with van der Waals surface area (Å²) in [6.07, 6.45) is 2.16. The number of nitrogens with zero attached hydrogens (tertiary/aromatic N) is 14. The predicted octanol–water partition coefficient (Wildman–Crippen LogP) is -1.64. The van der Waals surface area contributed by atoms with Gasteiger partial charge < -0.3 is 105 Å². The summed E-state index contributed by atoms with van der Waals surface area (Å²) in [5.41, 5.74) is 2.00. The highest BCUT2D eigenvalue weighted by Gasteiger charge is 2.48. The number of ketones is 1. The van der Waals surface area contributed by atoms with Gasteiger partial charge in [-0.25, -0.2) is 0 Å². The van der Waals surface area contributed by atoms with Crippen molar-refractivity contribution in [2.45, 2.75) is 314 Å². The number of Topliss-reactive ketones (excluding diaryl/α,β-unsaturated/α-hetero) is 1. The average Bonchev–Trinajstić information content (AvgIpc) is 1.81. The summed E-state index contributed by atoms with van der Waals surface area (Å²) in [5, 5.41) is 164. The Morgan fingerprint density at radius 3 is 1.23 bits per heavy atom. The number of aliphatic hydroxyl groups is 12. The second-order valence-corrected chi connectivity index (χ2v) is 31.3. The lowest BCUT2D eigenvalue weighted by Crippen LogP contribution is -2.64. The van der Waals surface area contributed by atoms with E-state index in [0.29, 0.717) is 135 Å². The molecule has 0 spiro atoms. The number of aromatic nitrogens is 12. The van der Waals surface area contributed by atoms with Crippen molar-refractivity contribution in [1.29, 1.82) is 0 Å². The summed E-state index contributed by atoms with van der Waals surface area (Å²) in [6, 6.07) is -2.69. The van der Waals surface area contributed by atoms with Crippen LogP contribution in [0.15, 0.2) is 24.8 Å². The van der Waals surface area contributed by atoms with Gasteiger partial charge in [-0.05, 0) is 103 Å². The van der Waals surface area contributed by atoms with Crippen LogP contribution in [0, 0.1) is 23.2 Å². The molecule has 4 aliphatic rings. The molecule has 0 bridgehead atoms. The van der Waals surface area contributed by atoms with Gasteiger partial charge in [0, 0.05) is 147 Å². The second-order valence-electron chi connectivity index (χ2n) is 31.3. The van der Waals surface area contributed by atoms with E-state index in [1.54, 1.807) is 21.0 Å². The summed E-state index contributed by atoms with van der Waals surface area (Å²) < 4.78 is 48.3. The minimum atomic E-state index is -1.43. The third kappa shape index (κ3) is 27.5. The van der Waals surface area contributed by atoms with E-state index in [2.05, 4.69) is 61.7 Å². The zero-order chi connectivity index (χ0) is 80.3. The number of carbonyl (C=O) groups excluding carboxylic acids is 3. The van der Waals surface area contributed by atoms with Crippen molar-refractivity contribution < 1.29 is 109 Å². The Hall–Kier alpha value is -5.67. The molecule has 111 heavy (non-hydrogen) atoms. The first-order valence-electron chi connectivity index (χ1n) is 39.6. The molecule has 7 heterocycles. The molecule has 4 aromatic heterocycles. The molecule has 0 unspecified atom stereocenters. The fourth-order valence-electron chi connectivity index (χ4n) is 14.6. The molecular weight excluding hydrogens is 1450 g/mol. The Morgan fingerprint density at radius 1 is 0.468 bits per heavy atom. The molecule has 4 aromatic rings. The Labute approximate surface area is 648 Å². The van der Waals surface area contributed by atoms with E-state index < -0.39 is 153 Å². The number of aryl methyl sites for hydroxylation is 4. The lowest BCUT2D eigenvalue weighted by atomic mass is 9.77. The number of amides is 2. The summed E-state index contributed by atoms with van der Waals surface area (Å²) in [6.45, 7) is 15.5. The molecule has 3 aliphatic heterocycles. The lowest BCUT2D eigenvalue weighted by Gasteiger charge is -2.42. The van der Waals surface area contributed by atoms with Crippen molar-refractivity contribution in [3.8, 4) is 0 Å². The molecule has 38 heteroatoms. The molecule has 21 atom stereocenters. The van der Waals surface area contributed by atoms with E-state index >= 15 is 4.79 Å². The molecule has 630 valence electrons. The van der Waals surface area contributed by atoms with E-state index in [9.17, 15) is 70.9 Å². The van der Waals surface area contributed by atoms with Gasteiger partial charge in [-0.3, -0.25) is 42.9 Å². The van der Waals surface area contributed by atoms with Gasteiger partial charge >= 0.3 is 0 Å². The van der Waals surface area contributed by atoms with E-state index in [1.165, 1.54) is 13.8 Å². The van der Waals surface area contributed by atoms with Gasteiger partial charge in [0.25, 0.3) is 0 Å². The molecule has 2 amide bonds. The van der Waals surface area contributed by atoms with Crippen LogP contribution in [0.5, 0.6) is 0 Å². The Balaban J connectivity index is 0.912. The molecule has 3 saturated heterocycles. The van der Waals surface area contributed by atoms with Gasteiger partial charge in [-0.2, -0.15) is 0 Å². The zero-order valence-electron chi connectivity index (χ0n) is 65.5. The Bertz CT molecular complexity index is 3330. The maximum Gasteiger partial charge on any atom is 0.217 e. The number of hydrogen-bond donors (Lipinski definition) is 14. The third-order valence-corrected chi connectivity index (χ3v) is 21.3. The number of nitrogens with one attached hydrogen (secondary N) is 2. The van der Waals surface area contributed by atoms with Crippen LogP contribution in [0.2, 0.25) is 0 Å². The largest absolute Gasteiger partial charge is 0.396 e. The van der Waals surface area contributed by atoms with E-state index in [-0.39, 0.29) is 50.7 Å². The van der Waals surface area contributed by atoms with Crippen LogP contribution >= 0.6 is 0 Å². The fourth-order valence-corrected chi connectivity index (χ4v) is 14.6. The molecular formula is C73H126N16O22. The first kappa shape index (κ1) is 90.9. The number of hydrogen-bond acceptors (Lipinski definition) is 32. The highest BCUT2D eigenvalue weighted by Crippen LogP contribution is 2.33. The van der Waals surface area contributed by atoms with Gasteiger partial charge in [0.1, 0.15) is 60.9 Å². The monoisotopic (exact) mass is 1580 g/mol. The SMILES string of the molecule is CC(=O)N[C@H]1[C@H](OCCCCCn2cc(CN(CCCC[C@H](C(=O)C(C)(C)C)N(Cc3cn(CCCCCO[C@@H]4O[C@H](CO)[C@H](O)[C@H](O)[C@H]4C)nn3)Cc3cn(CCCCCO[C@@H]4O[C@H](CO)[C@H](O)[C@H](O)[C@H]4NC(C)=O)nn3)Cc3cn(CCCCCO[C@@H]4C[C@H](CO)[C@H](O)[C@H](O)[C@H]4C)nn3)nn2)O[C@H](CO)[C@H](O)[C@@H]1O. The van der Waals surface area contributed by atoms with Gasteiger partial charge in [0.05, 0.1) is 73.1 Å². The van der Waals surface area contributed by atoms with Crippen molar-refractivity contribution in [3.05, 3.63) is 47.6 Å². The van der Waals surface area contributed by atoms with Crippen LogP contribution in [0.4, 0.5) is 0 Å². The average molecular weight is 1580 g/mol. The molecule has 1 saturated carbocycles. The van der Waals surface area contributed by atoms with Crippen molar-refractivity contribution in [2.24, 2.45) is 23.2 Å². The minimum absolute atomic E-state index is 0.0308.